The Bertz CT molecular complexity index is 1460. The summed E-state index contributed by atoms with van der Waals surface area (Å²) in [5.41, 5.74) is 3.31. The molecule has 0 saturated carbocycles. The van der Waals surface area contributed by atoms with Crippen molar-refractivity contribution in [2.24, 2.45) is 0 Å². The number of esters is 3. The van der Waals surface area contributed by atoms with Gasteiger partial charge in [-0.15, -0.1) is 0 Å². The minimum Gasteiger partial charge on any atom is -0.493 e. The van der Waals surface area contributed by atoms with E-state index in [-0.39, 0.29) is 23.3 Å². The molecule has 1 unspecified atom stereocenters. The molecule has 2 amide bonds. The van der Waals surface area contributed by atoms with Gasteiger partial charge in [-0.1, -0.05) is 13.0 Å². The highest BCUT2D eigenvalue weighted by atomic mass is 32.2. The average Bonchev–Trinajstić information content (AvgIpc) is 3.19. The fourth-order valence-corrected chi connectivity index (χ4v) is 6.17. The van der Waals surface area contributed by atoms with Crippen molar-refractivity contribution >= 4 is 41.5 Å². The van der Waals surface area contributed by atoms with E-state index >= 15 is 0 Å². The molecule has 1 aliphatic carbocycles. The summed E-state index contributed by atoms with van der Waals surface area (Å²) >= 11 is 1.28. The van der Waals surface area contributed by atoms with Gasteiger partial charge in [0.05, 0.1) is 53.6 Å². The monoisotopic (exact) mass is 660 g/mol. The van der Waals surface area contributed by atoms with Crippen LogP contribution in [0.5, 0.6) is 17.2 Å². The van der Waals surface area contributed by atoms with Gasteiger partial charge < -0.3 is 39.1 Å². The minimum absolute atomic E-state index is 0.0283. The van der Waals surface area contributed by atoms with Gasteiger partial charge in [-0.2, -0.15) is 11.8 Å². The van der Waals surface area contributed by atoms with Crippen LogP contribution >= 0.6 is 11.8 Å². The Kier molecular flexibility index (Phi) is 13.1. The summed E-state index contributed by atoms with van der Waals surface area (Å²) in [6, 6.07) is 5.54. The maximum atomic E-state index is 13.1. The smallest absolute Gasteiger partial charge is 0.337 e. The molecule has 14 heteroatoms. The number of hydrogen-bond acceptors (Lipinski definition) is 12. The van der Waals surface area contributed by atoms with Crippen LogP contribution in [-0.4, -0.2) is 88.9 Å². The van der Waals surface area contributed by atoms with E-state index < -0.39 is 42.5 Å². The van der Waals surface area contributed by atoms with Gasteiger partial charge in [0.15, 0.2) is 18.1 Å². The van der Waals surface area contributed by atoms with E-state index in [1.165, 1.54) is 54.2 Å². The Morgan fingerprint density at radius 2 is 1.67 bits per heavy atom. The zero-order chi connectivity index (χ0) is 34.0. The maximum Gasteiger partial charge on any atom is 0.337 e. The summed E-state index contributed by atoms with van der Waals surface area (Å²) in [5, 5.41) is 5.19. The van der Waals surface area contributed by atoms with Crippen molar-refractivity contribution < 1.29 is 52.4 Å². The number of benzene rings is 2. The molecule has 0 saturated heterocycles. The second-order valence-corrected chi connectivity index (χ2v) is 11.9. The van der Waals surface area contributed by atoms with Gasteiger partial charge in [-0.25, -0.2) is 9.59 Å². The van der Waals surface area contributed by atoms with Gasteiger partial charge in [0, 0.05) is 23.5 Å². The molecule has 2 N–H and O–H groups in total. The second-order valence-electron chi connectivity index (χ2n) is 10.4. The topological polar surface area (TPSA) is 165 Å². The van der Waals surface area contributed by atoms with Crippen molar-refractivity contribution in [3.05, 3.63) is 41.0 Å². The Labute approximate surface area is 271 Å². The van der Waals surface area contributed by atoms with Crippen LogP contribution < -0.4 is 24.8 Å². The average molecular weight is 661 g/mol. The first-order valence-corrected chi connectivity index (χ1v) is 15.5. The molecule has 2 aromatic rings. The molecule has 0 spiro atoms. The highest BCUT2D eigenvalue weighted by Crippen LogP contribution is 2.50. The Morgan fingerprint density at radius 1 is 0.957 bits per heavy atom. The lowest BCUT2D eigenvalue weighted by atomic mass is 9.92. The molecule has 2 aromatic carbocycles. The third-order valence-electron chi connectivity index (χ3n) is 7.30. The number of methoxy groups -OCH3 is 5. The van der Waals surface area contributed by atoms with E-state index in [1.54, 1.807) is 25.1 Å². The van der Waals surface area contributed by atoms with E-state index in [2.05, 4.69) is 10.6 Å². The van der Waals surface area contributed by atoms with Gasteiger partial charge in [0.25, 0.3) is 5.91 Å². The summed E-state index contributed by atoms with van der Waals surface area (Å²) in [5.74, 6) is -1.09. The molecule has 0 aromatic heterocycles. The van der Waals surface area contributed by atoms with Gasteiger partial charge in [-0.05, 0) is 47.7 Å². The summed E-state index contributed by atoms with van der Waals surface area (Å²) in [4.78, 5) is 61.4. The predicted octanol–water partition coefficient (Wildman–Crippen LogP) is 3.00. The van der Waals surface area contributed by atoms with Crippen molar-refractivity contribution in [1.82, 2.24) is 10.6 Å². The summed E-state index contributed by atoms with van der Waals surface area (Å²) < 4.78 is 31.8. The molecular weight excluding hydrogens is 620 g/mol. The summed E-state index contributed by atoms with van der Waals surface area (Å²) in [6.45, 7) is 2.54. The number of fused-ring (bicyclic) bond motifs is 3. The summed E-state index contributed by atoms with van der Waals surface area (Å²) in [7, 11) is 7.09. The Hall–Kier alpha value is -4.46. The van der Waals surface area contributed by atoms with E-state index in [0.717, 1.165) is 16.7 Å². The van der Waals surface area contributed by atoms with Crippen LogP contribution in [0.3, 0.4) is 0 Å². The quantitative estimate of drug-likeness (QED) is 0.225. The van der Waals surface area contributed by atoms with Crippen LogP contribution in [0.25, 0.3) is 11.1 Å². The van der Waals surface area contributed by atoms with Crippen LogP contribution in [0, 0.1) is 0 Å². The highest BCUT2D eigenvalue weighted by molar-refractivity contribution is 7.99. The van der Waals surface area contributed by atoms with Crippen molar-refractivity contribution in [3.8, 4) is 28.4 Å². The molecule has 0 radical (unpaired) electrons. The molecule has 3 atom stereocenters. The molecule has 0 aliphatic heterocycles. The Morgan fingerprint density at radius 3 is 2.28 bits per heavy atom. The zero-order valence-corrected chi connectivity index (χ0v) is 27.8. The molecule has 1 aliphatic rings. The highest BCUT2D eigenvalue weighted by Gasteiger charge is 2.31. The van der Waals surface area contributed by atoms with Crippen LogP contribution in [0.1, 0.15) is 54.2 Å². The largest absolute Gasteiger partial charge is 0.493 e. The van der Waals surface area contributed by atoms with Crippen LogP contribution in [-0.2, 0) is 39.8 Å². The summed E-state index contributed by atoms with van der Waals surface area (Å²) in [6.07, 6.45) is 0.935. The third kappa shape index (κ3) is 8.83. The molecule has 3 rings (SSSR count). The zero-order valence-electron chi connectivity index (χ0n) is 27.0. The molecular formula is C32H40N2O11S. The number of aryl methyl sites for hydroxylation is 1. The maximum absolute atomic E-state index is 13.1. The van der Waals surface area contributed by atoms with Crippen LogP contribution in [0.15, 0.2) is 24.3 Å². The van der Waals surface area contributed by atoms with Gasteiger partial charge in [-0.3, -0.25) is 14.4 Å². The normalized spacial score (nSPS) is 14.6. The molecule has 0 fully saturated rings. The van der Waals surface area contributed by atoms with E-state index in [0.29, 0.717) is 41.2 Å². The van der Waals surface area contributed by atoms with Gasteiger partial charge >= 0.3 is 17.9 Å². The molecule has 13 nitrogen and oxygen atoms in total. The van der Waals surface area contributed by atoms with Crippen LogP contribution in [0.4, 0.5) is 0 Å². The lowest BCUT2D eigenvalue weighted by Gasteiger charge is -2.22. The van der Waals surface area contributed by atoms with Crippen molar-refractivity contribution in [2.45, 2.75) is 50.4 Å². The number of carbonyl (C=O) groups excluding carboxylic acids is 5. The molecule has 0 heterocycles. The lowest BCUT2D eigenvalue weighted by molar-refractivity contribution is -0.148. The lowest BCUT2D eigenvalue weighted by Crippen LogP contribution is -2.42. The van der Waals surface area contributed by atoms with Gasteiger partial charge in [0.1, 0.15) is 6.04 Å². The second kappa shape index (κ2) is 16.7. The first-order valence-electron chi connectivity index (χ1n) is 14.4. The molecule has 0 bridgehead atoms. The van der Waals surface area contributed by atoms with Crippen LogP contribution in [0.2, 0.25) is 0 Å². The van der Waals surface area contributed by atoms with Crippen molar-refractivity contribution in [2.75, 3.05) is 47.9 Å². The fourth-order valence-electron chi connectivity index (χ4n) is 5.18. The van der Waals surface area contributed by atoms with Gasteiger partial charge in [0.2, 0.25) is 11.7 Å². The minimum atomic E-state index is -0.854. The number of amides is 2. The number of thioether (sulfide) groups is 1. The first-order chi connectivity index (χ1) is 22.0. The number of rotatable bonds is 14. The van der Waals surface area contributed by atoms with Crippen molar-refractivity contribution in [3.63, 3.8) is 0 Å². The number of ether oxygens (including phenoxy) is 6. The number of hydrogen-bond donors (Lipinski definition) is 2. The van der Waals surface area contributed by atoms with E-state index in [4.69, 9.17) is 28.4 Å². The van der Waals surface area contributed by atoms with E-state index in [9.17, 15) is 24.0 Å². The Balaban J connectivity index is 1.76. The fraction of sp³-hybridized carbons (Fsp3) is 0.469. The molecule has 250 valence electrons. The molecule has 46 heavy (non-hydrogen) atoms. The number of nitrogens with one attached hydrogen (secondary N) is 2. The first kappa shape index (κ1) is 36.0. The van der Waals surface area contributed by atoms with E-state index in [1.807, 2.05) is 6.07 Å². The predicted molar refractivity (Wildman–Crippen MR) is 169 cm³/mol. The SMILES string of the molecule is COC(=O)c1ccc2c(c1)[C@@H](NC(=O)COC(=O)CC(C)SC[C@@H](NC(C)=O)C(=O)OC)CCc1cc(OC)c(OC)c(OC)c1-2. The van der Waals surface area contributed by atoms with Crippen molar-refractivity contribution in [1.29, 1.82) is 0 Å². The third-order valence-corrected chi connectivity index (χ3v) is 8.56. The standard InChI is InChI=1S/C32H40N2O11S/c1-17(46-16-24(32(39)44-7)33-18(2)35)12-27(37)45-15-26(36)34-23-11-9-19-14-25(40-3)29(41-4)30(42-5)28(19)21-10-8-20(13-22(21)23)31(38)43-6/h8,10,13-14,17,23-24H,9,11-12,15-16H2,1-7H3,(H,33,35)(H,34,36)/t17?,23-,24+/m0/s1. The number of carbonyl (C=O) groups is 5.